The second-order valence-corrected chi connectivity index (χ2v) is 7.73. The minimum Gasteiger partial charge on any atom is -0.451 e. The van der Waals surface area contributed by atoms with Crippen LogP contribution in [0.3, 0.4) is 0 Å². The molecule has 3 aromatic rings. The molecule has 1 aromatic carbocycles. The molecule has 9 heteroatoms. The molecule has 0 saturated carbocycles. The predicted molar refractivity (Wildman–Crippen MR) is 107 cm³/mol. The van der Waals surface area contributed by atoms with E-state index in [1.165, 1.54) is 18.4 Å². The first-order valence-corrected chi connectivity index (χ1v) is 9.79. The molecule has 0 atom stereocenters. The minimum absolute atomic E-state index is 0.0386. The zero-order valence-electron chi connectivity index (χ0n) is 15.5. The van der Waals surface area contributed by atoms with Gasteiger partial charge in [0.25, 0.3) is 11.5 Å². The Hall–Kier alpha value is -3.51. The SMILES string of the molecule is Cn1nc(C(=O)OCC(=O)Nc2sc3c(c2C#N)CCC3)c2ccccc2c1=O. The quantitative estimate of drug-likeness (QED) is 0.662. The summed E-state index contributed by atoms with van der Waals surface area (Å²) < 4.78 is 6.17. The van der Waals surface area contributed by atoms with E-state index >= 15 is 0 Å². The van der Waals surface area contributed by atoms with Gasteiger partial charge in [0, 0.05) is 17.3 Å². The number of carbonyl (C=O) groups excluding carboxylic acids is 2. The number of aromatic nitrogens is 2. The van der Waals surface area contributed by atoms with E-state index in [0.29, 0.717) is 21.3 Å². The molecular formula is C20H16N4O4S. The lowest BCUT2D eigenvalue weighted by Gasteiger charge is -2.08. The van der Waals surface area contributed by atoms with Crippen molar-refractivity contribution in [1.29, 1.82) is 5.26 Å². The van der Waals surface area contributed by atoms with E-state index in [9.17, 15) is 19.6 Å². The maximum atomic E-state index is 12.5. The summed E-state index contributed by atoms with van der Waals surface area (Å²) in [6.45, 7) is -0.523. The van der Waals surface area contributed by atoms with Crippen LogP contribution in [-0.2, 0) is 29.4 Å². The summed E-state index contributed by atoms with van der Waals surface area (Å²) in [5.41, 5.74) is 1.13. The Bertz CT molecular complexity index is 1250. The minimum atomic E-state index is -0.805. The average Bonchev–Trinajstić information content (AvgIpc) is 3.29. The lowest BCUT2D eigenvalue weighted by molar-refractivity contribution is -0.119. The Morgan fingerprint density at radius 1 is 1.31 bits per heavy atom. The second kappa shape index (κ2) is 7.48. The highest BCUT2D eigenvalue weighted by atomic mass is 32.1. The molecule has 1 amide bonds. The maximum Gasteiger partial charge on any atom is 0.359 e. The van der Waals surface area contributed by atoms with Crippen LogP contribution in [-0.4, -0.2) is 28.3 Å². The Kier molecular flexibility index (Phi) is 4.86. The highest BCUT2D eigenvalue weighted by Gasteiger charge is 2.24. The standard InChI is InChI=1S/C20H16N4O4S/c1-24-19(26)13-6-3-2-5-12(13)17(23-24)20(27)28-10-16(25)22-18-14(9-21)11-7-4-8-15(11)29-18/h2-3,5-6H,4,7-8,10H2,1H3,(H,22,25). The van der Waals surface area contributed by atoms with Crippen molar-refractivity contribution in [2.24, 2.45) is 7.05 Å². The van der Waals surface area contributed by atoms with E-state index in [4.69, 9.17) is 4.74 Å². The van der Waals surface area contributed by atoms with Crippen LogP contribution in [0.2, 0.25) is 0 Å². The van der Waals surface area contributed by atoms with Crippen LogP contribution in [0.1, 0.15) is 32.9 Å². The molecule has 2 aromatic heterocycles. The summed E-state index contributed by atoms with van der Waals surface area (Å²) in [6.07, 6.45) is 2.76. The molecular weight excluding hydrogens is 392 g/mol. The molecule has 29 heavy (non-hydrogen) atoms. The van der Waals surface area contributed by atoms with Crippen molar-refractivity contribution in [3.63, 3.8) is 0 Å². The number of thiophene rings is 1. The molecule has 0 fully saturated rings. The van der Waals surface area contributed by atoms with Crippen LogP contribution in [0, 0.1) is 11.3 Å². The maximum absolute atomic E-state index is 12.5. The zero-order chi connectivity index (χ0) is 20.5. The van der Waals surface area contributed by atoms with Crippen LogP contribution >= 0.6 is 11.3 Å². The first kappa shape index (κ1) is 18.8. The van der Waals surface area contributed by atoms with Gasteiger partial charge in [0.05, 0.1) is 10.9 Å². The summed E-state index contributed by atoms with van der Waals surface area (Å²) in [5, 5.41) is 17.2. The van der Waals surface area contributed by atoms with Crippen molar-refractivity contribution in [3.05, 3.63) is 56.3 Å². The van der Waals surface area contributed by atoms with Gasteiger partial charge in [-0.1, -0.05) is 18.2 Å². The molecule has 4 rings (SSSR count). The third-order valence-corrected chi connectivity index (χ3v) is 5.98. The van der Waals surface area contributed by atoms with Gasteiger partial charge in [0.15, 0.2) is 12.3 Å². The molecule has 0 saturated heterocycles. The summed E-state index contributed by atoms with van der Waals surface area (Å²) >= 11 is 1.39. The van der Waals surface area contributed by atoms with Gasteiger partial charge in [0.2, 0.25) is 0 Å². The number of nitrogens with zero attached hydrogens (tertiary/aromatic N) is 3. The fourth-order valence-electron chi connectivity index (χ4n) is 3.42. The predicted octanol–water partition coefficient (Wildman–Crippen LogP) is 2.15. The first-order valence-electron chi connectivity index (χ1n) is 8.97. The highest BCUT2D eigenvalue weighted by molar-refractivity contribution is 7.16. The summed E-state index contributed by atoms with van der Waals surface area (Å²) in [7, 11) is 1.44. The van der Waals surface area contributed by atoms with Gasteiger partial charge in [-0.15, -0.1) is 11.3 Å². The van der Waals surface area contributed by atoms with Gasteiger partial charge in [-0.2, -0.15) is 10.4 Å². The van der Waals surface area contributed by atoms with Crippen molar-refractivity contribution in [2.75, 3.05) is 11.9 Å². The largest absolute Gasteiger partial charge is 0.451 e. The number of anilines is 1. The summed E-state index contributed by atoms with van der Waals surface area (Å²) in [4.78, 5) is 38.0. The fraction of sp³-hybridized carbons (Fsp3) is 0.250. The smallest absolute Gasteiger partial charge is 0.359 e. The number of benzene rings is 1. The van der Waals surface area contributed by atoms with E-state index in [-0.39, 0.29) is 11.3 Å². The van der Waals surface area contributed by atoms with E-state index < -0.39 is 18.5 Å². The average molecular weight is 408 g/mol. The third-order valence-electron chi connectivity index (χ3n) is 4.77. The molecule has 1 N–H and O–H groups in total. The number of esters is 1. The number of aryl methyl sites for hydroxylation is 2. The van der Waals surface area contributed by atoms with Crippen molar-refractivity contribution >= 4 is 39.0 Å². The van der Waals surface area contributed by atoms with Crippen LogP contribution in [0.5, 0.6) is 0 Å². The molecule has 0 radical (unpaired) electrons. The number of nitrogens with one attached hydrogen (secondary N) is 1. The highest BCUT2D eigenvalue weighted by Crippen LogP contribution is 2.38. The molecule has 146 valence electrons. The third kappa shape index (κ3) is 3.39. The van der Waals surface area contributed by atoms with Gasteiger partial charge in [-0.25, -0.2) is 9.48 Å². The van der Waals surface area contributed by atoms with Crippen LogP contribution in [0.4, 0.5) is 5.00 Å². The Morgan fingerprint density at radius 3 is 2.83 bits per heavy atom. The number of hydrogen-bond donors (Lipinski definition) is 1. The zero-order valence-corrected chi connectivity index (χ0v) is 16.3. The van der Waals surface area contributed by atoms with Gasteiger partial charge in [-0.05, 0) is 30.9 Å². The van der Waals surface area contributed by atoms with E-state index in [1.54, 1.807) is 24.3 Å². The van der Waals surface area contributed by atoms with Gasteiger partial charge >= 0.3 is 5.97 Å². The van der Waals surface area contributed by atoms with Crippen molar-refractivity contribution < 1.29 is 14.3 Å². The summed E-state index contributed by atoms with van der Waals surface area (Å²) in [6, 6.07) is 8.73. The number of carbonyl (C=O) groups is 2. The van der Waals surface area contributed by atoms with Crippen molar-refractivity contribution in [2.45, 2.75) is 19.3 Å². The number of hydrogen-bond acceptors (Lipinski definition) is 7. The van der Waals surface area contributed by atoms with Gasteiger partial charge in [-0.3, -0.25) is 9.59 Å². The summed E-state index contributed by atoms with van der Waals surface area (Å²) in [5.74, 6) is -1.34. The molecule has 8 nitrogen and oxygen atoms in total. The van der Waals surface area contributed by atoms with E-state index in [1.807, 2.05) is 0 Å². The molecule has 1 aliphatic carbocycles. The number of fused-ring (bicyclic) bond motifs is 2. The van der Waals surface area contributed by atoms with Crippen molar-refractivity contribution in [1.82, 2.24) is 9.78 Å². The second-order valence-electron chi connectivity index (χ2n) is 6.62. The fourth-order valence-corrected chi connectivity index (χ4v) is 4.68. The van der Waals surface area contributed by atoms with Gasteiger partial charge in [0.1, 0.15) is 11.1 Å². The normalized spacial score (nSPS) is 12.4. The molecule has 0 spiro atoms. The number of rotatable bonds is 4. The van der Waals surface area contributed by atoms with Crippen LogP contribution in [0.15, 0.2) is 29.1 Å². The van der Waals surface area contributed by atoms with Crippen LogP contribution in [0.25, 0.3) is 10.8 Å². The molecule has 2 heterocycles. The molecule has 0 unspecified atom stereocenters. The molecule has 0 bridgehead atoms. The first-order chi connectivity index (χ1) is 14.0. The monoisotopic (exact) mass is 408 g/mol. The number of ether oxygens (including phenoxy) is 1. The molecule has 0 aliphatic heterocycles. The Labute approximate surface area is 169 Å². The Balaban J connectivity index is 1.49. The van der Waals surface area contributed by atoms with E-state index in [0.717, 1.165) is 34.4 Å². The lowest BCUT2D eigenvalue weighted by Crippen LogP contribution is -2.26. The lowest BCUT2D eigenvalue weighted by atomic mass is 10.1. The Morgan fingerprint density at radius 2 is 2.07 bits per heavy atom. The van der Waals surface area contributed by atoms with Crippen molar-refractivity contribution in [3.8, 4) is 6.07 Å². The topological polar surface area (TPSA) is 114 Å². The number of amides is 1. The number of nitriles is 1. The van der Waals surface area contributed by atoms with E-state index in [2.05, 4.69) is 16.5 Å². The van der Waals surface area contributed by atoms with Crippen LogP contribution < -0.4 is 10.9 Å². The van der Waals surface area contributed by atoms with Gasteiger partial charge < -0.3 is 10.1 Å². The molecule has 1 aliphatic rings.